The molecule has 2 amide bonds. The smallest absolute Gasteiger partial charge is 0.261 e. The quantitative estimate of drug-likeness (QED) is 0.0772. The lowest BCUT2D eigenvalue weighted by Crippen LogP contribution is -2.66. The summed E-state index contributed by atoms with van der Waals surface area (Å²) in [6.45, 7) is 12.5. The molecule has 3 heterocycles. The van der Waals surface area contributed by atoms with Gasteiger partial charge in [-0.15, -0.1) is 0 Å². The van der Waals surface area contributed by atoms with Crippen molar-refractivity contribution < 1.29 is 23.9 Å². The summed E-state index contributed by atoms with van der Waals surface area (Å²) in [5.41, 5.74) is 5.64. The molecule has 61 heavy (non-hydrogen) atoms. The Morgan fingerprint density at radius 1 is 0.869 bits per heavy atom. The fourth-order valence-corrected chi connectivity index (χ4v) is 15.8. The first kappa shape index (κ1) is 43.5. The third-order valence-electron chi connectivity index (χ3n) is 13.7. The molecule has 9 heteroatoms. The van der Waals surface area contributed by atoms with Crippen molar-refractivity contribution in [2.24, 2.45) is 17.8 Å². The van der Waals surface area contributed by atoms with Gasteiger partial charge in [-0.3, -0.25) is 19.4 Å². The largest absolute Gasteiger partial charge is 0.507 e. The van der Waals surface area contributed by atoms with Crippen LogP contribution in [-0.2, 0) is 25.3 Å². The number of phenolic OH excluding ortho intramolecular Hbond substituents is 1. The predicted octanol–water partition coefficient (Wildman–Crippen LogP) is 9.68. The number of allylic oxidation sites excluding steroid dienone is 1. The molecular weight excluding hydrogens is 841 g/mol. The standard InChI is InChI=1S/C52H61BrN2O5Si/c1-5-15-36(30-38-31-40(53)23-24-46(38)56)22-25-47-48-39(34-60-61(52(2,3)4,42-18-11-7-12-19-42)43-20-13-8-14-21-43)32-44-49(45(48)35-59-47)51(58)55(50(44)57)41-26-28-54(29-27-41)33-37-16-9-6-10-17-37/h6-14,16-21,23-24,30-31,41,44-45,47,49,56H,5,15,22,25-29,32-35H2,1-4H3/b36-30+/t44-,45+,47-,49-/m1/s1. The number of nitrogens with zero attached hydrogens (tertiary/aromatic N) is 2. The van der Waals surface area contributed by atoms with Gasteiger partial charge in [-0.1, -0.05) is 153 Å². The fraction of sp³-hybridized carbons (Fsp3) is 0.423. The molecule has 0 bridgehead atoms. The summed E-state index contributed by atoms with van der Waals surface area (Å²) in [7, 11) is -2.92. The second-order valence-corrected chi connectivity index (χ2v) is 23.8. The van der Waals surface area contributed by atoms with Crippen molar-refractivity contribution in [3.63, 3.8) is 0 Å². The van der Waals surface area contributed by atoms with Gasteiger partial charge in [0.05, 0.1) is 31.2 Å². The Morgan fingerprint density at radius 2 is 1.51 bits per heavy atom. The van der Waals surface area contributed by atoms with E-state index in [0.29, 0.717) is 19.6 Å². The molecule has 7 nitrogen and oxygen atoms in total. The number of carbonyl (C=O) groups excluding carboxylic acids is 2. The van der Waals surface area contributed by atoms with Crippen molar-refractivity contribution >= 4 is 52.5 Å². The molecular formula is C52H61BrN2O5Si. The Morgan fingerprint density at radius 3 is 2.13 bits per heavy atom. The van der Waals surface area contributed by atoms with Gasteiger partial charge in [0.25, 0.3) is 8.32 Å². The van der Waals surface area contributed by atoms with Crippen LogP contribution in [0.2, 0.25) is 5.04 Å². The molecule has 4 atom stereocenters. The van der Waals surface area contributed by atoms with Gasteiger partial charge in [0.15, 0.2) is 0 Å². The fourth-order valence-electron chi connectivity index (χ4n) is 10.9. The van der Waals surface area contributed by atoms with E-state index in [4.69, 9.17) is 9.16 Å². The Hall–Kier alpha value is -4.12. The number of aromatic hydroxyl groups is 1. The number of rotatable bonds is 14. The van der Waals surface area contributed by atoms with Crippen LogP contribution in [0.4, 0.5) is 0 Å². The van der Waals surface area contributed by atoms with E-state index in [1.807, 2.05) is 18.2 Å². The van der Waals surface area contributed by atoms with Crippen molar-refractivity contribution in [3.8, 4) is 5.75 Å². The van der Waals surface area contributed by atoms with E-state index < -0.39 is 20.2 Å². The van der Waals surface area contributed by atoms with E-state index in [1.165, 1.54) is 27.1 Å². The van der Waals surface area contributed by atoms with Crippen LogP contribution in [0.15, 0.2) is 130 Å². The molecule has 3 saturated heterocycles. The molecule has 0 unspecified atom stereocenters. The zero-order valence-corrected chi connectivity index (χ0v) is 38.8. The number of benzene rings is 4. The van der Waals surface area contributed by atoms with Crippen molar-refractivity contribution in [1.29, 1.82) is 0 Å². The Balaban J connectivity index is 1.11. The summed E-state index contributed by atoms with van der Waals surface area (Å²) >= 11 is 3.58. The van der Waals surface area contributed by atoms with Crippen molar-refractivity contribution in [3.05, 3.63) is 142 Å². The number of amides is 2. The zero-order chi connectivity index (χ0) is 42.7. The van der Waals surface area contributed by atoms with E-state index in [-0.39, 0.29) is 40.7 Å². The van der Waals surface area contributed by atoms with E-state index in [9.17, 15) is 14.7 Å². The molecule has 320 valence electrons. The SMILES string of the molecule is CCC/C(=C\c1cc(Br)ccc1O)CC[C@H]1OC[C@H]2C1=C(CO[Si](c1ccccc1)(c1ccccc1)C(C)(C)C)C[C@H]1C(=O)N(C3CCN(Cc4ccccc4)CC3)C(=O)[C@H]12. The first-order valence-electron chi connectivity index (χ1n) is 22.4. The summed E-state index contributed by atoms with van der Waals surface area (Å²) in [6, 6.07) is 37.4. The minimum Gasteiger partial charge on any atom is -0.507 e. The average Bonchev–Trinajstić information content (AvgIpc) is 3.79. The van der Waals surface area contributed by atoms with Crippen LogP contribution < -0.4 is 10.4 Å². The molecule has 3 aliphatic heterocycles. The van der Waals surface area contributed by atoms with Gasteiger partial charge in [0, 0.05) is 41.6 Å². The maximum atomic E-state index is 14.8. The first-order valence-corrected chi connectivity index (χ1v) is 25.1. The van der Waals surface area contributed by atoms with Crippen LogP contribution in [0, 0.1) is 17.8 Å². The molecule has 0 saturated carbocycles. The lowest BCUT2D eigenvalue weighted by atomic mass is 9.69. The van der Waals surface area contributed by atoms with E-state index in [1.54, 1.807) is 11.0 Å². The highest BCUT2D eigenvalue weighted by atomic mass is 79.9. The van der Waals surface area contributed by atoms with Crippen LogP contribution in [0.5, 0.6) is 5.75 Å². The Bertz CT molecular complexity index is 2190. The molecule has 4 aliphatic rings. The van der Waals surface area contributed by atoms with Gasteiger partial charge in [-0.25, -0.2) is 0 Å². The van der Waals surface area contributed by atoms with Crippen LogP contribution in [0.25, 0.3) is 6.08 Å². The molecule has 0 radical (unpaired) electrons. The second-order valence-electron chi connectivity index (χ2n) is 18.6. The molecule has 8 rings (SSSR count). The van der Waals surface area contributed by atoms with E-state index in [2.05, 4.69) is 140 Å². The highest BCUT2D eigenvalue weighted by molar-refractivity contribution is 9.10. The number of ether oxygens (including phenoxy) is 1. The lowest BCUT2D eigenvalue weighted by Gasteiger charge is -2.44. The first-order chi connectivity index (χ1) is 29.5. The number of piperidine rings is 1. The normalized spacial score (nSPS) is 22.8. The minimum atomic E-state index is -2.92. The summed E-state index contributed by atoms with van der Waals surface area (Å²) in [5.74, 6) is -0.771. The number of phenols is 1. The Kier molecular flexibility index (Phi) is 13.3. The van der Waals surface area contributed by atoms with Crippen molar-refractivity contribution in [2.75, 3.05) is 26.3 Å². The highest BCUT2D eigenvalue weighted by Crippen LogP contribution is 2.51. The highest BCUT2D eigenvalue weighted by Gasteiger charge is 2.59. The van der Waals surface area contributed by atoms with Gasteiger partial charge in [0.2, 0.25) is 11.8 Å². The van der Waals surface area contributed by atoms with E-state index >= 15 is 0 Å². The summed E-state index contributed by atoms with van der Waals surface area (Å²) in [6.07, 6.45) is 7.44. The maximum Gasteiger partial charge on any atom is 0.261 e. The number of fused-ring (bicyclic) bond motifs is 3. The Labute approximate surface area is 372 Å². The monoisotopic (exact) mass is 900 g/mol. The molecule has 1 N–H and O–H groups in total. The van der Waals surface area contributed by atoms with E-state index in [0.717, 1.165) is 73.8 Å². The third-order valence-corrected chi connectivity index (χ3v) is 19.2. The van der Waals surface area contributed by atoms with Crippen LogP contribution in [-0.4, -0.2) is 73.5 Å². The number of hydrogen-bond acceptors (Lipinski definition) is 6. The van der Waals surface area contributed by atoms with Gasteiger partial charge in [-0.2, -0.15) is 0 Å². The van der Waals surface area contributed by atoms with Crippen LogP contribution in [0.3, 0.4) is 0 Å². The minimum absolute atomic E-state index is 0.00749. The number of carbonyl (C=O) groups is 2. The number of imide groups is 1. The zero-order valence-electron chi connectivity index (χ0n) is 36.2. The maximum absolute atomic E-state index is 14.8. The van der Waals surface area contributed by atoms with Gasteiger partial charge >= 0.3 is 0 Å². The molecule has 0 spiro atoms. The summed E-state index contributed by atoms with van der Waals surface area (Å²) in [5, 5.41) is 12.9. The predicted molar refractivity (Wildman–Crippen MR) is 250 cm³/mol. The average molecular weight is 902 g/mol. The van der Waals surface area contributed by atoms with Crippen molar-refractivity contribution in [1.82, 2.24) is 9.80 Å². The van der Waals surface area contributed by atoms with Crippen LogP contribution >= 0.6 is 15.9 Å². The number of hydrogen-bond donors (Lipinski definition) is 1. The second kappa shape index (κ2) is 18.7. The molecule has 1 aliphatic carbocycles. The third kappa shape index (κ3) is 8.92. The van der Waals surface area contributed by atoms with Gasteiger partial charge in [0.1, 0.15) is 5.75 Å². The molecule has 4 aromatic carbocycles. The van der Waals surface area contributed by atoms with Crippen LogP contribution in [0.1, 0.15) is 83.8 Å². The lowest BCUT2D eigenvalue weighted by molar-refractivity contribution is -0.144. The topological polar surface area (TPSA) is 79.3 Å². The number of likely N-dealkylation sites (tertiary alicyclic amines) is 2. The van der Waals surface area contributed by atoms with Crippen molar-refractivity contribution in [2.45, 2.75) is 96.4 Å². The summed E-state index contributed by atoms with van der Waals surface area (Å²) < 4.78 is 15.3. The van der Waals surface area contributed by atoms with Gasteiger partial charge in [-0.05, 0) is 88.8 Å². The van der Waals surface area contributed by atoms with Gasteiger partial charge < -0.3 is 14.3 Å². The molecule has 4 aromatic rings. The summed E-state index contributed by atoms with van der Waals surface area (Å²) in [4.78, 5) is 33.6. The number of halogens is 1. The molecule has 3 fully saturated rings. The molecule has 0 aromatic heterocycles.